The third-order valence-corrected chi connectivity index (χ3v) is 2.42. The number of carbonyl (C=O) groups is 1. The van der Waals surface area contributed by atoms with Crippen LogP contribution in [-0.4, -0.2) is 24.1 Å². The van der Waals surface area contributed by atoms with Crippen molar-refractivity contribution in [1.82, 2.24) is 0 Å². The molecular weight excluding hydrogens is 243 g/mol. The van der Waals surface area contributed by atoms with Crippen molar-refractivity contribution in [1.29, 1.82) is 0 Å². The predicted octanol–water partition coefficient (Wildman–Crippen LogP) is 1.43. The van der Waals surface area contributed by atoms with E-state index in [9.17, 15) is 9.18 Å². The Labute approximate surface area is 104 Å². The van der Waals surface area contributed by atoms with Crippen molar-refractivity contribution in [3.05, 3.63) is 29.6 Å². The summed E-state index contributed by atoms with van der Waals surface area (Å²) in [5, 5.41) is 2.69. The van der Waals surface area contributed by atoms with Crippen molar-refractivity contribution in [2.45, 2.75) is 13.0 Å². The lowest BCUT2D eigenvalue weighted by Crippen LogP contribution is -2.27. The van der Waals surface area contributed by atoms with Gasteiger partial charge < -0.3 is 15.8 Å². The minimum absolute atomic E-state index is 0.122. The van der Waals surface area contributed by atoms with Gasteiger partial charge in [0.15, 0.2) is 0 Å². The second-order valence-electron chi connectivity index (χ2n) is 3.45. The van der Waals surface area contributed by atoms with Crippen LogP contribution in [0.15, 0.2) is 18.2 Å². The molecule has 0 bridgehead atoms. The molecular formula is C11H13FN2O2S. The highest BCUT2D eigenvalue weighted by Crippen LogP contribution is 2.17. The maximum absolute atomic E-state index is 13.6. The van der Waals surface area contributed by atoms with Crippen LogP contribution in [0, 0.1) is 5.82 Å². The molecule has 6 heteroatoms. The number of nitrogens with one attached hydrogen (secondary N) is 1. The number of halogens is 1. The van der Waals surface area contributed by atoms with Gasteiger partial charge in [0.1, 0.15) is 16.8 Å². The van der Waals surface area contributed by atoms with Gasteiger partial charge in [-0.2, -0.15) is 0 Å². The van der Waals surface area contributed by atoms with Crippen molar-refractivity contribution in [3.8, 4) is 0 Å². The number of anilines is 1. The molecule has 0 spiro atoms. The Morgan fingerprint density at radius 3 is 2.71 bits per heavy atom. The standard InChI is InChI=1S/C11H13FN2O2S/c1-6(11(15)16-2)14-9-4-3-7(10(13)17)5-8(9)12/h3-6,14H,1-2H3,(H2,13,17). The van der Waals surface area contributed by atoms with E-state index < -0.39 is 17.8 Å². The number of ether oxygens (including phenoxy) is 1. The van der Waals surface area contributed by atoms with Crippen LogP contribution in [0.5, 0.6) is 0 Å². The molecule has 0 aliphatic rings. The molecule has 4 nitrogen and oxygen atoms in total. The summed E-state index contributed by atoms with van der Waals surface area (Å²) in [6, 6.07) is 3.64. The number of carbonyl (C=O) groups excluding carboxylic acids is 1. The van der Waals surface area contributed by atoms with Crippen molar-refractivity contribution in [2.24, 2.45) is 5.73 Å². The third kappa shape index (κ3) is 3.39. The molecule has 92 valence electrons. The summed E-state index contributed by atoms with van der Waals surface area (Å²) in [6.45, 7) is 1.58. The molecule has 0 fully saturated rings. The fourth-order valence-corrected chi connectivity index (χ4v) is 1.38. The molecule has 17 heavy (non-hydrogen) atoms. The van der Waals surface area contributed by atoms with E-state index >= 15 is 0 Å². The average molecular weight is 256 g/mol. The molecule has 1 atom stereocenters. The Morgan fingerprint density at radius 1 is 1.59 bits per heavy atom. The number of hydrogen-bond acceptors (Lipinski definition) is 4. The van der Waals surface area contributed by atoms with Crippen LogP contribution in [-0.2, 0) is 9.53 Å². The number of esters is 1. The summed E-state index contributed by atoms with van der Waals surface area (Å²) in [4.78, 5) is 11.3. The second-order valence-corrected chi connectivity index (χ2v) is 3.89. The molecule has 0 aromatic heterocycles. The second kappa shape index (κ2) is 5.58. The van der Waals surface area contributed by atoms with Gasteiger partial charge in [-0.05, 0) is 25.1 Å². The quantitative estimate of drug-likeness (QED) is 0.630. The summed E-state index contributed by atoms with van der Waals surface area (Å²) < 4.78 is 18.1. The van der Waals surface area contributed by atoms with Crippen LogP contribution in [0.2, 0.25) is 0 Å². The highest BCUT2D eigenvalue weighted by molar-refractivity contribution is 7.80. The zero-order valence-electron chi connectivity index (χ0n) is 9.49. The van der Waals surface area contributed by atoms with Crippen LogP contribution in [0.3, 0.4) is 0 Å². The molecule has 0 aliphatic carbocycles. The SMILES string of the molecule is COC(=O)C(C)Nc1ccc(C(N)=S)cc1F. The van der Waals surface area contributed by atoms with Crippen molar-refractivity contribution >= 4 is 28.9 Å². The summed E-state index contributed by atoms with van der Waals surface area (Å²) in [6.07, 6.45) is 0. The van der Waals surface area contributed by atoms with Crippen LogP contribution >= 0.6 is 12.2 Å². The first-order valence-corrected chi connectivity index (χ1v) is 5.30. The van der Waals surface area contributed by atoms with E-state index in [0.29, 0.717) is 5.56 Å². The van der Waals surface area contributed by atoms with Gasteiger partial charge in [0.25, 0.3) is 0 Å². The maximum Gasteiger partial charge on any atom is 0.327 e. The smallest absolute Gasteiger partial charge is 0.327 e. The average Bonchev–Trinajstić information content (AvgIpc) is 2.30. The van der Waals surface area contributed by atoms with Crippen molar-refractivity contribution < 1.29 is 13.9 Å². The molecule has 0 aliphatic heterocycles. The Morgan fingerprint density at radius 2 is 2.24 bits per heavy atom. The van der Waals surface area contributed by atoms with Gasteiger partial charge in [0, 0.05) is 5.56 Å². The number of rotatable bonds is 4. The third-order valence-electron chi connectivity index (χ3n) is 2.18. The highest BCUT2D eigenvalue weighted by Gasteiger charge is 2.14. The molecule has 0 saturated carbocycles. The fraction of sp³-hybridized carbons (Fsp3) is 0.273. The Balaban J connectivity index is 2.86. The van der Waals surface area contributed by atoms with Crippen molar-refractivity contribution in [3.63, 3.8) is 0 Å². The van der Waals surface area contributed by atoms with Gasteiger partial charge in [0.05, 0.1) is 12.8 Å². The van der Waals surface area contributed by atoms with E-state index in [0.717, 1.165) is 0 Å². The van der Waals surface area contributed by atoms with Gasteiger partial charge >= 0.3 is 5.97 Å². The van der Waals surface area contributed by atoms with Crippen LogP contribution in [0.25, 0.3) is 0 Å². The lowest BCUT2D eigenvalue weighted by atomic mass is 10.2. The zero-order valence-corrected chi connectivity index (χ0v) is 10.3. The molecule has 1 aromatic rings. The minimum Gasteiger partial charge on any atom is -0.467 e. The first-order chi connectivity index (χ1) is 7.95. The van der Waals surface area contributed by atoms with Crippen molar-refractivity contribution in [2.75, 3.05) is 12.4 Å². The lowest BCUT2D eigenvalue weighted by Gasteiger charge is -2.13. The zero-order chi connectivity index (χ0) is 13.0. The molecule has 3 N–H and O–H groups in total. The van der Waals surface area contributed by atoms with Gasteiger partial charge in [-0.1, -0.05) is 12.2 Å². The largest absolute Gasteiger partial charge is 0.467 e. The van der Waals surface area contributed by atoms with Crippen LogP contribution < -0.4 is 11.1 Å². The highest BCUT2D eigenvalue weighted by atomic mass is 32.1. The Hall–Kier alpha value is -1.69. The number of thiocarbonyl (C=S) groups is 1. The summed E-state index contributed by atoms with van der Waals surface area (Å²) in [5.41, 5.74) is 6.01. The fourth-order valence-electron chi connectivity index (χ4n) is 1.25. The van der Waals surface area contributed by atoms with Gasteiger partial charge in [-0.25, -0.2) is 9.18 Å². The molecule has 0 saturated heterocycles. The normalized spacial score (nSPS) is 11.7. The molecule has 1 aromatic carbocycles. The molecule has 0 amide bonds. The van der Waals surface area contributed by atoms with Gasteiger partial charge in [-0.15, -0.1) is 0 Å². The van der Waals surface area contributed by atoms with E-state index in [2.05, 4.69) is 10.1 Å². The monoisotopic (exact) mass is 256 g/mol. The molecule has 1 unspecified atom stereocenters. The van der Waals surface area contributed by atoms with Gasteiger partial charge in [0.2, 0.25) is 0 Å². The number of nitrogens with two attached hydrogens (primary N) is 1. The summed E-state index contributed by atoms with van der Waals surface area (Å²) in [5.74, 6) is -0.992. The number of hydrogen-bond donors (Lipinski definition) is 2. The first-order valence-electron chi connectivity index (χ1n) is 4.89. The number of methoxy groups -OCH3 is 1. The van der Waals surface area contributed by atoms with E-state index in [-0.39, 0.29) is 10.7 Å². The van der Waals surface area contributed by atoms with E-state index in [1.807, 2.05) is 0 Å². The minimum atomic E-state index is -0.634. The van der Waals surface area contributed by atoms with Crippen LogP contribution in [0.1, 0.15) is 12.5 Å². The summed E-state index contributed by atoms with van der Waals surface area (Å²) in [7, 11) is 1.27. The number of benzene rings is 1. The predicted molar refractivity (Wildman–Crippen MR) is 67.4 cm³/mol. The first kappa shape index (κ1) is 13.4. The maximum atomic E-state index is 13.6. The topological polar surface area (TPSA) is 64.3 Å². The molecule has 0 heterocycles. The van der Waals surface area contributed by atoms with Crippen LogP contribution in [0.4, 0.5) is 10.1 Å². The van der Waals surface area contributed by atoms with E-state index in [1.54, 1.807) is 13.0 Å². The Bertz CT molecular complexity index is 451. The summed E-state index contributed by atoms with van der Waals surface area (Å²) >= 11 is 4.73. The Kier molecular flexibility index (Phi) is 4.39. The molecule has 1 rings (SSSR count). The molecule has 0 radical (unpaired) electrons. The van der Waals surface area contributed by atoms with E-state index in [1.165, 1.54) is 19.2 Å². The van der Waals surface area contributed by atoms with E-state index in [4.69, 9.17) is 18.0 Å². The lowest BCUT2D eigenvalue weighted by molar-refractivity contribution is -0.141. The van der Waals surface area contributed by atoms with Gasteiger partial charge in [-0.3, -0.25) is 0 Å².